The molecular weight excluding hydrogens is 296 g/mol. The average molecular weight is 320 g/mol. The second-order valence-corrected chi connectivity index (χ2v) is 6.16. The first kappa shape index (κ1) is 17.2. The molecule has 0 bridgehead atoms. The molecule has 0 spiro atoms. The first-order valence-electron chi connectivity index (χ1n) is 8.21. The molecule has 1 aromatic heterocycles. The van der Waals surface area contributed by atoms with E-state index in [4.69, 9.17) is 5.11 Å². The van der Waals surface area contributed by atoms with Crippen LogP contribution >= 0.6 is 0 Å². The van der Waals surface area contributed by atoms with Crippen molar-refractivity contribution < 1.29 is 14.7 Å². The summed E-state index contributed by atoms with van der Waals surface area (Å²) in [6.07, 6.45) is 5.48. The van der Waals surface area contributed by atoms with Crippen molar-refractivity contribution in [1.82, 2.24) is 9.88 Å². The van der Waals surface area contributed by atoms with E-state index >= 15 is 0 Å². The normalized spacial score (nSPS) is 15.4. The molecule has 1 unspecified atom stereocenters. The maximum Gasteiger partial charge on any atom is 0.323 e. The molecule has 1 aromatic rings. The molecule has 0 aromatic carbocycles. The van der Waals surface area contributed by atoms with Crippen molar-refractivity contribution in [1.29, 1.82) is 0 Å². The van der Waals surface area contributed by atoms with Gasteiger partial charge < -0.3 is 15.0 Å². The lowest BCUT2D eigenvalue weighted by Crippen LogP contribution is -2.43. The van der Waals surface area contributed by atoms with E-state index in [9.17, 15) is 14.4 Å². The molecule has 1 heterocycles. The maximum atomic E-state index is 12.7. The van der Waals surface area contributed by atoms with Crippen LogP contribution in [-0.4, -0.2) is 39.5 Å². The number of hydrogen-bond donors (Lipinski definition) is 2. The molecule has 6 nitrogen and oxygen atoms in total. The first-order chi connectivity index (χ1) is 10.9. The largest absolute Gasteiger partial charge is 0.480 e. The van der Waals surface area contributed by atoms with Gasteiger partial charge in [-0.05, 0) is 50.7 Å². The zero-order valence-corrected chi connectivity index (χ0v) is 13.7. The van der Waals surface area contributed by atoms with Crippen molar-refractivity contribution in [2.75, 3.05) is 6.54 Å². The molecule has 126 valence electrons. The zero-order chi connectivity index (χ0) is 17.0. The molecule has 0 radical (unpaired) electrons. The average Bonchev–Trinajstić information content (AvgIpc) is 2.75. The summed E-state index contributed by atoms with van der Waals surface area (Å²) in [6, 6.07) is 1.43. The number of carbonyl (C=O) groups is 2. The third kappa shape index (κ3) is 4.00. The highest BCUT2D eigenvalue weighted by Gasteiger charge is 2.26. The summed E-state index contributed by atoms with van der Waals surface area (Å²) in [7, 11) is 0. The van der Waals surface area contributed by atoms with Crippen molar-refractivity contribution in [3.05, 3.63) is 33.2 Å². The second kappa shape index (κ2) is 7.44. The van der Waals surface area contributed by atoms with Gasteiger partial charge in [-0.1, -0.05) is 13.3 Å². The van der Waals surface area contributed by atoms with Crippen LogP contribution in [0.5, 0.6) is 0 Å². The van der Waals surface area contributed by atoms with Crippen molar-refractivity contribution in [3.8, 4) is 0 Å². The van der Waals surface area contributed by atoms with E-state index in [0.29, 0.717) is 6.42 Å². The molecule has 0 saturated carbocycles. The third-order valence-corrected chi connectivity index (χ3v) is 4.51. The van der Waals surface area contributed by atoms with Crippen LogP contribution in [0.2, 0.25) is 0 Å². The van der Waals surface area contributed by atoms with Gasteiger partial charge in [0.15, 0.2) is 0 Å². The molecule has 1 atom stereocenters. The quantitative estimate of drug-likeness (QED) is 0.812. The van der Waals surface area contributed by atoms with Crippen LogP contribution in [0, 0.1) is 0 Å². The van der Waals surface area contributed by atoms with Gasteiger partial charge in [-0.25, -0.2) is 0 Å². The molecule has 1 aliphatic carbocycles. The van der Waals surface area contributed by atoms with Crippen LogP contribution in [0.1, 0.15) is 61.1 Å². The predicted octanol–water partition coefficient (Wildman–Crippen LogP) is 1.97. The molecule has 6 heteroatoms. The number of aromatic nitrogens is 1. The maximum absolute atomic E-state index is 12.7. The lowest BCUT2D eigenvalue weighted by Gasteiger charge is -2.27. The second-order valence-electron chi connectivity index (χ2n) is 6.16. The van der Waals surface area contributed by atoms with E-state index in [2.05, 4.69) is 4.98 Å². The Morgan fingerprint density at radius 3 is 2.65 bits per heavy atom. The Bertz CT molecular complexity index is 650. The van der Waals surface area contributed by atoms with Gasteiger partial charge in [0.05, 0.1) is 0 Å². The highest BCUT2D eigenvalue weighted by Crippen LogP contribution is 2.19. The van der Waals surface area contributed by atoms with Gasteiger partial charge in [0.1, 0.15) is 12.1 Å². The van der Waals surface area contributed by atoms with Crippen LogP contribution in [0.25, 0.3) is 0 Å². The van der Waals surface area contributed by atoms with Crippen LogP contribution in [0.3, 0.4) is 0 Å². The number of aromatic amines is 1. The number of nitrogens with one attached hydrogen (secondary N) is 1. The number of fused-ring (bicyclic) bond motifs is 1. The van der Waals surface area contributed by atoms with Crippen molar-refractivity contribution in [3.63, 3.8) is 0 Å². The summed E-state index contributed by atoms with van der Waals surface area (Å²) in [6.45, 7) is 3.27. The molecule has 2 rings (SSSR count). The van der Waals surface area contributed by atoms with E-state index in [1.54, 1.807) is 13.0 Å². The fraction of sp³-hybridized carbons (Fsp3) is 0.588. The number of aliphatic carboxylic acids is 1. The van der Waals surface area contributed by atoms with Gasteiger partial charge in [-0.3, -0.25) is 14.4 Å². The monoisotopic (exact) mass is 320 g/mol. The van der Waals surface area contributed by atoms with E-state index in [1.807, 2.05) is 6.92 Å². The first-order valence-corrected chi connectivity index (χ1v) is 8.21. The minimum absolute atomic E-state index is 0.0483. The molecule has 2 N–H and O–H groups in total. The zero-order valence-electron chi connectivity index (χ0n) is 13.7. The molecule has 1 amide bonds. The number of hydrogen-bond acceptors (Lipinski definition) is 3. The Balaban J connectivity index is 2.38. The highest BCUT2D eigenvalue weighted by molar-refractivity contribution is 5.96. The minimum atomic E-state index is -1.08. The number of pyridine rings is 1. The summed E-state index contributed by atoms with van der Waals surface area (Å²) in [5, 5.41) is 9.04. The van der Waals surface area contributed by atoms with Crippen LogP contribution in [0.15, 0.2) is 10.9 Å². The Labute approximate surface area is 135 Å². The summed E-state index contributed by atoms with van der Waals surface area (Å²) >= 11 is 0. The van der Waals surface area contributed by atoms with Gasteiger partial charge in [-0.2, -0.15) is 0 Å². The summed E-state index contributed by atoms with van der Waals surface area (Å²) in [5.41, 5.74) is 1.55. The Morgan fingerprint density at radius 2 is 2.00 bits per heavy atom. The topological polar surface area (TPSA) is 90.5 Å². The van der Waals surface area contributed by atoms with Gasteiger partial charge in [0, 0.05) is 11.7 Å². The fourth-order valence-corrected chi connectivity index (χ4v) is 2.96. The number of carboxylic acids is 1. The van der Waals surface area contributed by atoms with Crippen LogP contribution in [0.4, 0.5) is 0 Å². The molecule has 0 saturated heterocycles. The number of H-pyrrole nitrogens is 1. The summed E-state index contributed by atoms with van der Waals surface area (Å²) < 4.78 is 0. The minimum Gasteiger partial charge on any atom is -0.480 e. The molecule has 0 aliphatic heterocycles. The highest BCUT2D eigenvalue weighted by atomic mass is 16.4. The van der Waals surface area contributed by atoms with Gasteiger partial charge >= 0.3 is 5.97 Å². The smallest absolute Gasteiger partial charge is 0.323 e. The number of carbonyl (C=O) groups excluding carboxylic acids is 1. The number of aryl methyl sites for hydroxylation is 2. The summed E-state index contributed by atoms with van der Waals surface area (Å²) in [5.74, 6) is -1.58. The number of nitrogens with zero attached hydrogens (tertiary/aromatic N) is 1. The van der Waals surface area contributed by atoms with Gasteiger partial charge in [0.2, 0.25) is 0 Å². The lowest BCUT2D eigenvalue weighted by atomic mass is 10.0. The fourth-order valence-electron chi connectivity index (χ4n) is 2.96. The van der Waals surface area contributed by atoms with E-state index in [0.717, 1.165) is 43.4 Å². The molecule has 1 aliphatic rings. The number of rotatable bonds is 5. The van der Waals surface area contributed by atoms with E-state index in [1.165, 1.54) is 4.90 Å². The number of carboxylic acid groups (broad SMARTS) is 1. The van der Waals surface area contributed by atoms with Crippen molar-refractivity contribution in [2.24, 2.45) is 0 Å². The van der Waals surface area contributed by atoms with Crippen LogP contribution < -0.4 is 5.56 Å². The number of amides is 1. The molecular formula is C17H24N2O4. The van der Waals surface area contributed by atoms with Gasteiger partial charge in [0.25, 0.3) is 11.5 Å². The van der Waals surface area contributed by atoms with Gasteiger partial charge in [-0.15, -0.1) is 0 Å². The Morgan fingerprint density at radius 1 is 1.30 bits per heavy atom. The van der Waals surface area contributed by atoms with Crippen molar-refractivity contribution >= 4 is 11.9 Å². The Hall–Kier alpha value is -2.11. The molecule has 0 fully saturated rings. The summed E-state index contributed by atoms with van der Waals surface area (Å²) in [4.78, 5) is 40.2. The third-order valence-electron chi connectivity index (χ3n) is 4.51. The van der Waals surface area contributed by atoms with Crippen molar-refractivity contribution in [2.45, 2.75) is 58.4 Å². The van der Waals surface area contributed by atoms with E-state index in [-0.39, 0.29) is 11.6 Å². The predicted molar refractivity (Wildman–Crippen MR) is 86.7 cm³/mol. The standard InChI is InChI=1S/C17H24N2O4/c1-3-11(2)19(10-15(20)21)17(23)13-9-12-7-5-4-6-8-14(12)18-16(13)22/h9,11H,3-8,10H2,1-2H3,(H,18,22)(H,20,21). The Kier molecular flexibility index (Phi) is 5.58. The molecule has 23 heavy (non-hydrogen) atoms. The van der Waals surface area contributed by atoms with E-state index < -0.39 is 24.0 Å². The lowest BCUT2D eigenvalue weighted by molar-refractivity contribution is -0.138. The SMILES string of the molecule is CCC(C)N(CC(=O)O)C(=O)c1cc2c([nH]c1=O)CCCCC2. The van der Waals surface area contributed by atoms with Crippen LogP contribution in [-0.2, 0) is 17.6 Å².